The molecule has 0 saturated carbocycles. The Labute approximate surface area is 212 Å². The largest absolute Gasteiger partial charge is 0.373 e. The van der Waals surface area contributed by atoms with Crippen LogP contribution in [-0.2, 0) is 13.0 Å². The lowest BCUT2D eigenvalue weighted by molar-refractivity contribution is 0.111. The van der Waals surface area contributed by atoms with E-state index in [4.69, 9.17) is 11.3 Å². The molecule has 0 aliphatic carbocycles. The number of halogens is 1. The molecule has 4 N–H and O–H groups in total. The third kappa shape index (κ3) is 7.48. The molecule has 3 rings (SSSR count). The second kappa shape index (κ2) is 13.0. The topological polar surface area (TPSA) is 119 Å². The molecule has 9 nitrogen and oxygen atoms in total. The quantitative estimate of drug-likeness (QED) is 0.183. The number of nitrogens with one attached hydrogen (secondary N) is 2. The maximum absolute atomic E-state index is 13.6. The number of pyridine rings is 1. The van der Waals surface area contributed by atoms with Gasteiger partial charge < -0.3 is 15.1 Å². The smallest absolute Gasteiger partial charge is 0.320 e. The number of amidine groups is 1. The minimum absolute atomic E-state index is 0.0219. The van der Waals surface area contributed by atoms with Crippen LogP contribution >= 0.6 is 0 Å². The average molecular weight is 500 g/mol. The monoisotopic (exact) mass is 499 g/mol. The molecule has 1 aliphatic rings. The molecule has 1 aromatic heterocycles. The molecule has 0 bridgehead atoms. The van der Waals surface area contributed by atoms with E-state index < -0.39 is 5.82 Å². The van der Waals surface area contributed by atoms with Crippen molar-refractivity contribution in [2.75, 3.05) is 32.5 Å². The van der Waals surface area contributed by atoms with Gasteiger partial charge in [-0.25, -0.2) is 20.0 Å². The van der Waals surface area contributed by atoms with E-state index in [2.05, 4.69) is 24.1 Å². The van der Waals surface area contributed by atoms with Gasteiger partial charge in [-0.1, -0.05) is 19.9 Å². The highest BCUT2D eigenvalue weighted by atomic mass is 19.1. The summed E-state index contributed by atoms with van der Waals surface area (Å²) in [5, 5.41) is 12.2. The number of carbonyl (C=O) groups is 2. The fraction of sp³-hybridized carbons (Fsp3) is 0.462. The van der Waals surface area contributed by atoms with Gasteiger partial charge in [0.2, 0.25) is 0 Å². The van der Waals surface area contributed by atoms with Crippen LogP contribution in [0.25, 0.3) is 0 Å². The summed E-state index contributed by atoms with van der Waals surface area (Å²) in [6.45, 7) is 9.69. The molecular weight excluding hydrogens is 461 g/mol. The van der Waals surface area contributed by atoms with Crippen LogP contribution in [0.5, 0.6) is 0 Å². The van der Waals surface area contributed by atoms with Crippen molar-refractivity contribution in [1.29, 1.82) is 5.41 Å². The van der Waals surface area contributed by atoms with Crippen molar-refractivity contribution >= 4 is 24.0 Å². The van der Waals surface area contributed by atoms with E-state index in [0.29, 0.717) is 44.0 Å². The average Bonchev–Trinajstić information content (AvgIpc) is 2.86. The fourth-order valence-corrected chi connectivity index (χ4v) is 3.82. The first kappa shape index (κ1) is 28.7. The van der Waals surface area contributed by atoms with Crippen molar-refractivity contribution in [3.8, 4) is 0 Å². The van der Waals surface area contributed by atoms with Crippen LogP contribution in [-0.4, -0.2) is 71.2 Å². The molecule has 1 aliphatic heterocycles. The molecule has 0 saturated heterocycles. The minimum Gasteiger partial charge on any atom is -0.373 e. The lowest BCUT2D eigenvalue weighted by Gasteiger charge is -2.33. The van der Waals surface area contributed by atoms with Crippen molar-refractivity contribution in [3.05, 3.63) is 58.5 Å². The fourth-order valence-electron chi connectivity index (χ4n) is 3.82. The van der Waals surface area contributed by atoms with E-state index in [0.717, 1.165) is 16.9 Å². The van der Waals surface area contributed by atoms with E-state index in [1.807, 2.05) is 26.0 Å². The number of carbonyl (C=O) groups excluding carboxylic acids is 2. The number of nitrogens with zero attached hydrogens (tertiary/aromatic N) is 4. The number of anilines is 1. The van der Waals surface area contributed by atoms with E-state index in [-0.39, 0.29) is 23.5 Å². The summed E-state index contributed by atoms with van der Waals surface area (Å²) in [7, 11) is 3.58. The van der Waals surface area contributed by atoms with Crippen LogP contribution in [0.2, 0.25) is 0 Å². The van der Waals surface area contributed by atoms with Gasteiger partial charge in [-0.2, -0.15) is 0 Å². The Morgan fingerprint density at radius 1 is 1.28 bits per heavy atom. The van der Waals surface area contributed by atoms with Crippen LogP contribution in [0, 0.1) is 17.1 Å². The van der Waals surface area contributed by atoms with Gasteiger partial charge in [0.1, 0.15) is 17.3 Å². The van der Waals surface area contributed by atoms with Gasteiger partial charge >= 0.3 is 6.03 Å². The number of amides is 2. The number of hydrogen-bond donors (Lipinski definition) is 3. The number of aromatic nitrogens is 1. The minimum atomic E-state index is -0.486. The van der Waals surface area contributed by atoms with Gasteiger partial charge in [0.05, 0.1) is 5.56 Å². The van der Waals surface area contributed by atoms with E-state index in [1.165, 1.54) is 11.1 Å². The first-order chi connectivity index (χ1) is 17.0. The Morgan fingerprint density at radius 2 is 1.97 bits per heavy atom. The van der Waals surface area contributed by atoms with Gasteiger partial charge in [0.25, 0.3) is 0 Å². The summed E-state index contributed by atoms with van der Waals surface area (Å²) >= 11 is 0. The summed E-state index contributed by atoms with van der Waals surface area (Å²) in [4.78, 5) is 30.9. The number of benzene rings is 1. The van der Waals surface area contributed by atoms with Crippen LogP contribution in [0.3, 0.4) is 0 Å². The van der Waals surface area contributed by atoms with Crippen LogP contribution in [0.1, 0.15) is 54.9 Å². The molecule has 36 heavy (non-hydrogen) atoms. The molecule has 2 amide bonds. The Morgan fingerprint density at radius 3 is 2.56 bits per heavy atom. The molecule has 1 aromatic carbocycles. The summed E-state index contributed by atoms with van der Waals surface area (Å²) < 4.78 is 13.6. The third-order valence-electron chi connectivity index (χ3n) is 5.76. The van der Waals surface area contributed by atoms with Crippen LogP contribution in [0.15, 0.2) is 30.3 Å². The lowest BCUT2D eigenvalue weighted by Crippen LogP contribution is -2.44. The number of hydrogen-bond acceptors (Lipinski definition) is 6. The maximum Gasteiger partial charge on any atom is 0.320 e. The molecule has 10 heteroatoms. The number of hydrazine groups is 1. The van der Waals surface area contributed by atoms with Gasteiger partial charge in [-0.05, 0) is 61.6 Å². The molecule has 196 valence electrons. The van der Waals surface area contributed by atoms with Crippen molar-refractivity contribution in [2.24, 2.45) is 11.8 Å². The number of aldehydes is 1. The predicted molar refractivity (Wildman–Crippen MR) is 141 cm³/mol. The van der Waals surface area contributed by atoms with Gasteiger partial charge in [-0.3, -0.25) is 15.2 Å². The third-order valence-corrected chi connectivity index (χ3v) is 5.76. The first-order valence-corrected chi connectivity index (χ1v) is 12.0. The van der Waals surface area contributed by atoms with Crippen molar-refractivity contribution in [3.63, 3.8) is 0 Å². The number of urea groups is 1. The molecule has 2 aromatic rings. The second-order valence-electron chi connectivity index (χ2n) is 9.50. The Bertz CT molecular complexity index is 1070. The van der Waals surface area contributed by atoms with Gasteiger partial charge in [0.15, 0.2) is 12.1 Å². The molecule has 0 radical (unpaired) electrons. The number of fused-ring (bicyclic) bond motifs is 1. The van der Waals surface area contributed by atoms with Crippen LogP contribution in [0.4, 0.5) is 15.0 Å². The highest BCUT2D eigenvalue weighted by Crippen LogP contribution is 2.23. The first-order valence-electron chi connectivity index (χ1n) is 12.0. The summed E-state index contributed by atoms with van der Waals surface area (Å²) in [5.74, 6) is 6.61. The standard InChI is InChI=1S/C16H21FN2O2.C10H17N5/c1-11(2)8-18(3)16(21)19-5-4-12-7-15(17)14(10-20)6-13(12)9-19;1-7(2)15(12)10(11)8-5-4-6-9(13-3)14-8/h6-7,10-11H,4-5,8-9H2,1-3H3;4-7,11H,12H2,1-3H3,(H,13,14). The number of rotatable bonds is 6. The molecule has 0 atom stereocenters. The van der Waals surface area contributed by atoms with E-state index in [9.17, 15) is 14.0 Å². The molecule has 0 spiro atoms. The molecule has 2 heterocycles. The predicted octanol–water partition coefficient (Wildman–Crippen LogP) is 3.74. The summed E-state index contributed by atoms with van der Waals surface area (Å²) in [6, 6.07) is 8.48. The van der Waals surface area contributed by atoms with Gasteiger partial charge in [0, 0.05) is 39.8 Å². The van der Waals surface area contributed by atoms with Crippen LogP contribution < -0.4 is 11.2 Å². The van der Waals surface area contributed by atoms with E-state index in [1.54, 1.807) is 36.0 Å². The zero-order valence-corrected chi connectivity index (χ0v) is 22.0. The summed E-state index contributed by atoms with van der Waals surface area (Å²) in [5.41, 5.74) is 2.36. The molecular formula is C26H38FN7O2. The Kier molecular flexibility index (Phi) is 10.3. The van der Waals surface area contributed by atoms with E-state index >= 15 is 0 Å². The van der Waals surface area contributed by atoms with Gasteiger partial charge in [-0.15, -0.1) is 0 Å². The lowest BCUT2D eigenvalue weighted by atomic mass is 9.97. The Hall–Kier alpha value is -3.53. The normalized spacial score (nSPS) is 12.4. The highest BCUT2D eigenvalue weighted by molar-refractivity contribution is 5.94. The van der Waals surface area contributed by atoms with Crippen molar-refractivity contribution in [1.82, 2.24) is 19.8 Å². The zero-order valence-electron chi connectivity index (χ0n) is 22.0. The highest BCUT2D eigenvalue weighted by Gasteiger charge is 2.24. The summed E-state index contributed by atoms with van der Waals surface area (Å²) in [6.07, 6.45) is 1.13. The molecule has 0 unspecified atom stereocenters. The zero-order chi connectivity index (χ0) is 27.0. The SMILES string of the molecule is CC(C)CN(C)C(=O)N1CCc2cc(F)c(C=O)cc2C1.CNc1cccc(C(=N)N(N)C(C)C)n1. The molecule has 0 fully saturated rings. The number of nitrogens with two attached hydrogens (primary N) is 1. The maximum atomic E-state index is 13.6. The van der Waals surface area contributed by atoms with Crippen molar-refractivity contribution < 1.29 is 14.0 Å². The van der Waals surface area contributed by atoms with Crippen molar-refractivity contribution in [2.45, 2.75) is 46.7 Å². The Balaban J connectivity index is 0.000000269. The second-order valence-corrected chi connectivity index (χ2v) is 9.50.